The molecule has 3 heteroatoms. The van der Waals surface area contributed by atoms with Crippen LogP contribution in [-0.2, 0) is 6.42 Å². The fourth-order valence-corrected chi connectivity index (χ4v) is 3.08. The van der Waals surface area contributed by atoms with Gasteiger partial charge in [0.1, 0.15) is 0 Å². The highest BCUT2D eigenvalue weighted by Crippen LogP contribution is 2.31. The summed E-state index contributed by atoms with van der Waals surface area (Å²) in [4.78, 5) is 12.4. The number of fused-ring (bicyclic) bond motifs is 1. The molecule has 0 radical (unpaired) electrons. The number of benzene rings is 2. The molecule has 108 valence electrons. The van der Waals surface area contributed by atoms with Crippen molar-refractivity contribution >= 4 is 5.91 Å². The molecule has 1 amide bonds. The molecule has 21 heavy (non-hydrogen) atoms. The summed E-state index contributed by atoms with van der Waals surface area (Å²) in [6.07, 6.45) is 0.0331. The van der Waals surface area contributed by atoms with E-state index in [4.69, 9.17) is 0 Å². The van der Waals surface area contributed by atoms with Gasteiger partial charge in [-0.3, -0.25) is 4.79 Å². The first-order valence-electron chi connectivity index (χ1n) is 7.19. The van der Waals surface area contributed by atoms with Crippen molar-refractivity contribution in [2.24, 2.45) is 0 Å². The Balaban J connectivity index is 1.85. The molecule has 3 nitrogen and oxygen atoms in total. The zero-order valence-corrected chi connectivity index (χ0v) is 12.3. The van der Waals surface area contributed by atoms with E-state index in [2.05, 4.69) is 5.32 Å². The molecule has 2 aromatic carbocycles. The molecule has 0 saturated heterocycles. The molecular formula is C18H19NO2. The molecule has 0 spiro atoms. The Morgan fingerprint density at radius 2 is 1.81 bits per heavy atom. The zero-order chi connectivity index (χ0) is 15.0. The van der Waals surface area contributed by atoms with Gasteiger partial charge in [-0.2, -0.15) is 0 Å². The second kappa shape index (κ2) is 5.34. The van der Waals surface area contributed by atoms with Gasteiger partial charge in [0.2, 0.25) is 0 Å². The smallest absolute Gasteiger partial charge is 0.251 e. The Kier molecular flexibility index (Phi) is 3.52. The van der Waals surface area contributed by atoms with E-state index in [1.54, 1.807) is 0 Å². The first kappa shape index (κ1) is 13.8. The maximum absolute atomic E-state index is 12.4. The molecule has 2 atom stereocenters. The second-order valence-corrected chi connectivity index (χ2v) is 5.80. The number of amides is 1. The molecule has 0 fully saturated rings. The Hall–Kier alpha value is -2.13. The van der Waals surface area contributed by atoms with Gasteiger partial charge in [-0.15, -0.1) is 0 Å². The van der Waals surface area contributed by atoms with Crippen LogP contribution in [-0.4, -0.2) is 17.1 Å². The van der Waals surface area contributed by atoms with Gasteiger partial charge < -0.3 is 10.4 Å². The Bertz CT molecular complexity index is 673. The Morgan fingerprint density at radius 1 is 1.14 bits per heavy atom. The summed E-state index contributed by atoms with van der Waals surface area (Å²) in [5.74, 6) is -0.137. The minimum absolute atomic E-state index is 0.137. The number of aliphatic hydroxyl groups excluding tert-OH is 1. The van der Waals surface area contributed by atoms with Gasteiger partial charge in [-0.1, -0.05) is 41.5 Å². The van der Waals surface area contributed by atoms with E-state index in [0.29, 0.717) is 12.0 Å². The topological polar surface area (TPSA) is 49.3 Å². The summed E-state index contributed by atoms with van der Waals surface area (Å²) in [7, 11) is 0. The third-order valence-electron chi connectivity index (χ3n) is 3.97. The van der Waals surface area contributed by atoms with E-state index in [1.165, 1.54) is 0 Å². The van der Waals surface area contributed by atoms with Crippen LogP contribution >= 0.6 is 0 Å². The minimum Gasteiger partial charge on any atom is -0.390 e. The molecule has 0 heterocycles. The monoisotopic (exact) mass is 281 g/mol. The summed E-state index contributed by atoms with van der Waals surface area (Å²) in [6.45, 7) is 3.95. The van der Waals surface area contributed by atoms with Crippen molar-refractivity contribution in [2.75, 3.05) is 0 Å². The van der Waals surface area contributed by atoms with Gasteiger partial charge in [0.05, 0.1) is 12.1 Å². The standard InChI is InChI=1S/C18H19NO2/c1-11-7-12(2)9-14(8-11)18(21)19-17-15-6-4-3-5-13(15)10-16(17)20/h3-9,16-17,20H,10H2,1-2H3,(H,19,21). The van der Waals surface area contributed by atoms with Crippen molar-refractivity contribution in [3.05, 3.63) is 70.3 Å². The quantitative estimate of drug-likeness (QED) is 0.889. The maximum atomic E-state index is 12.4. The minimum atomic E-state index is -0.558. The highest BCUT2D eigenvalue weighted by atomic mass is 16.3. The number of carbonyl (C=O) groups is 1. The number of aliphatic hydroxyl groups is 1. The van der Waals surface area contributed by atoms with Crippen LogP contribution in [0.3, 0.4) is 0 Å². The molecule has 0 saturated carbocycles. The summed E-state index contributed by atoms with van der Waals surface area (Å²) in [5.41, 5.74) is 4.89. The van der Waals surface area contributed by atoms with Gasteiger partial charge in [0.25, 0.3) is 5.91 Å². The number of nitrogens with one attached hydrogen (secondary N) is 1. The SMILES string of the molecule is Cc1cc(C)cc(C(=O)NC2c3ccccc3CC2O)c1. The van der Waals surface area contributed by atoms with Crippen LogP contribution in [0.1, 0.15) is 38.7 Å². The Labute approximate surface area is 124 Å². The van der Waals surface area contributed by atoms with E-state index in [9.17, 15) is 9.90 Å². The van der Waals surface area contributed by atoms with Crippen LogP contribution in [0.25, 0.3) is 0 Å². The molecule has 0 aliphatic heterocycles. The molecule has 2 unspecified atom stereocenters. The van der Waals surface area contributed by atoms with Crippen molar-refractivity contribution in [3.8, 4) is 0 Å². The first-order chi connectivity index (χ1) is 10.0. The van der Waals surface area contributed by atoms with E-state index in [1.807, 2.05) is 56.3 Å². The first-order valence-corrected chi connectivity index (χ1v) is 7.19. The lowest BCUT2D eigenvalue weighted by Gasteiger charge is -2.18. The lowest BCUT2D eigenvalue weighted by atomic mass is 10.0. The van der Waals surface area contributed by atoms with Crippen LogP contribution in [0.5, 0.6) is 0 Å². The maximum Gasteiger partial charge on any atom is 0.251 e. The van der Waals surface area contributed by atoms with Crippen LogP contribution in [0.2, 0.25) is 0 Å². The fourth-order valence-electron chi connectivity index (χ4n) is 3.08. The second-order valence-electron chi connectivity index (χ2n) is 5.80. The molecule has 1 aliphatic carbocycles. The highest BCUT2D eigenvalue weighted by molar-refractivity contribution is 5.95. The van der Waals surface area contributed by atoms with Gasteiger partial charge in [0.15, 0.2) is 0 Å². The van der Waals surface area contributed by atoms with Crippen molar-refractivity contribution in [1.29, 1.82) is 0 Å². The van der Waals surface area contributed by atoms with Crippen LogP contribution in [0.4, 0.5) is 0 Å². The molecule has 1 aliphatic rings. The lowest BCUT2D eigenvalue weighted by Crippen LogP contribution is -2.33. The van der Waals surface area contributed by atoms with Crippen molar-refractivity contribution in [3.63, 3.8) is 0 Å². The number of rotatable bonds is 2. The average molecular weight is 281 g/mol. The number of carbonyl (C=O) groups excluding carboxylic acids is 1. The van der Waals surface area contributed by atoms with Crippen LogP contribution in [0, 0.1) is 13.8 Å². The summed E-state index contributed by atoms with van der Waals surface area (Å²) < 4.78 is 0. The molecular weight excluding hydrogens is 262 g/mol. The van der Waals surface area contributed by atoms with E-state index < -0.39 is 6.10 Å². The largest absolute Gasteiger partial charge is 0.390 e. The third-order valence-corrected chi connectivity index (χ3v) is 3.97. The third kappa shape index (κ3) is 2.69. The molecule has 2 N–H and O–H groups in total. The van der Waals surface area contributed by atoms with Crippen LogP contribution in [0.15, 0.2) is 42.5 Å². The van der Waals surface area contributed by atoms with Gasteiger partial charge in [0, 0.05) is 12.0 Å². The van der Waals surface area contributed by atoms with Gasteiger partial charge in [-0.05, 0) is 37.1 Å². The number of aryl methyl sites for hydroxylation is 2. The molecule has 3 rings (SSSR count). The van der Waals surface area contributed by atoms with Gasteiger partial charge >= 0.3 is 0 Å². The van der Waals surface area contributed by atoms with E-state index in [-0.39, 0.29) is 11.9 Å². The zero-order valence-electron chi connectivity index (χ0n) is 12.3. The fraction of sp³-hybridized carbons (Fsp3) is 0.278. The highest BCUT2D eigenvalue weighted by Gasteiger charge is 2.32. The number of hydrogen-bond donors (Lipinski definition) is 2. The molecule has 0 bridgehead atoms. The van der Waals surface area contributed by atoms with Crippen molar-refractivity contribution < 1.29 is 9.90 Å². The number of hydrogen-bond acceptors (Lipinski definition) is 2. The molecule has 2 aromatic rings. The predicted molar refractivity (Wildman–Crippen MR) is 82.3 cm³/mol. The predicted octanol–water partition coefficient (Wildman–Crippen LogP) is 2.69. The molecule has 0 aromatic heterocycles. The summed E-state index contributed by atoms with van der Waals surface area (Å²) >= 11 is 0. The normalized spacial score (nSPS) is 20.1. The van der Waals surface area contributed by atoms with E-state index >= 15 is 0 Å². The average Bonchev–Trinajstić information content (AvgIpc) is 2.74. The summed E-state index contributed by atoms with van der Waals surface area (Å²) in [6, 6.07) is 13.3. The van der Waals surface area contributed by atoms with Crippen LogP contribution < -0.4 is 5.32 Å². The summed E-state index contributed by atoms with van der Waals surface area (Å²) in [5, 5.41) is 13.2. The van der Waals surface area contributed by atoms with E-state index in [0.717, 1.165) is 22.3 Å². The van der Waals surface area contributed by atoms with Crippen molar-refractivity contribution in [1.82, 2.24) is 5.32 Å². The lowest BCUT2D eigenvalue weighted by molar-refractivity contribution is 0.0858. The van der Waals surface area contributed by atoms with Gasteiger partial charge in [-0.25, -0.2) is 0 Å². The Morgan fingerprint density at radius 3 is 2.52 bits per heavy atom. The van der Waals surface area contributed by atoms with Crippen molar-refractivity contribution in [2.45, 2.75) is 32.4 Å².